The molecular weight excluding hydrogens is 276 g/mol. The van der Waals surface area contributed by atoms with Crippen LogP contribution in [0.2, 0.25) is 0 Å². The summed E-state index contributed by atoms with van der Waals surface area (Å²) in [7, 11) is 0. The first kappa shape index (κ1) is 16.5. The molecule has 0 spiro atoms. The Morgan fingerprint density at radius 2 is 1.95 bits per heavy atom. The van der Waals surface area contributed by atoms with Crippen LogP contribution in [0.25, 0.3) is 0 Å². The lowest BCUT2D eigenvalue weighted by Crippen LogP contribution is -2.26. The smallest absolute Gasteiger partial charge is 0.120 e. The topological polar surface area (TPSA) is 65.4 Å². The van der Waals surface area contributed by atoms with Crippen LogP contribution in [0.15, 0.2) is 36.5 Å². The number of hydrogen-bond donors (Lipinski definition) is 3. The fourth-order valence-electron chi connectivity index (χ4n) is 2.43. The van der Waals surface area contributed by atoms with Crippen molar-refractivity contribution in [2.75, 3.05) is 13.2 Å². The van der Waals surface area contributed by atoms with Crippen molar-refractivity contribution < 1.29 is 10.2 Å². The predicted octanol–water partition coefficient (Wildman–Crippen LogP) is 2.34. The summed E-state index contributed by atoms with van der Waals surface area (Å²) >= 11 is 0. The number of aryl methyl sites for hydroxylation is 2. The lowest BCUT2D eigenvalue weighted by molar-refractivity contribution is 0.220. The minimum atomic E-state index is 0.114. The van der Waals surface area contributed by atoms with E-state index in [2.05, 4.69) is 10.3 Å². The van der Waals surface area contributed by atoms with Crippen LogP contribution < -0.4 is 5.32 Å². The van der Waals surface area contributed by atoms with Gasteiger partial charge in [0.1, 0.15) is 5.75 Å². The second-order valence-electron chi connectivity index (χ2n) is 5.77. The summed E-state index contributed by atoms with van der Waals surface area (Å²) in [6.45, 7) is 5.41. The zero-order chi connectivity index (χ0) is 15.9. The van der Waals surface area contributed by atoms with E-state index in [0.717, 1.165) is 23.2 Å². The number of benzene rings is 1. The van der Waals surface area contributed by atoms with E-state index in [4.69, 9.17) is 0 Å². The number of phenolic OH excluding ortho intramolecular Hbond substituents is 1. The number of aliphatic hydroxyl groups is 1. The molecule has 0 aliphatic carbocycles. The fraction of sp³-hybridized carbons (Fsp3) is 0.389. The van der Waals surface area contributed by atoms with Gasteiger partial charge in [0, 0.05) is 37.2 Å². The molecule has 118 valence electrons. The van der Waals surface area contributed by atoms with Gasteiger partial charge in [-0.1, -0.05) is 12.1 Å². The first-order valence-electron chi connectivity index (χ1n) is 7.60. The zero-order valence-electron chi connectivity index (χ0n) is 13.2. The molecule has 1 atom stereocenters. The summed E-state index contributed by atoms with van der Waals surface area (Å²) < 4.78 is 0. The number of nitrogens with zero attached hydrogens (tertiary/aromatic N) is 1. The van der Waals surface area contributed by atoms with E-state index in [9.17, 15) is 10.2 Å². The molecule has 4 heteroatoms. The van der Waals surface area contributed by atoms with Gasteiger partial charge in [-0.15, -0.1) is 0 Å². The van der Waals surface area contributed by atoms with Crippen LogP contribution in [0.1, 0.15) is 22.4 Å². The highest BCUT2D eigenvalue weighted by molar-refractivity contribution is 5.40. The van der Waals surface area contributed by atoms with Crippen molar-refractivity contribution in [2.24, 2.45) is 5.92 Å². The number of aliphatic hydroxyl groups excluding tert-OH is 1. The van der Waals surface area contributed by atoms with Gasteiger partial charge in [0.25, 0.3) is 0 Å². The Labute approximate surface area is 131 Å². The van der Waals surface area contributed by atoms with E-state index in [0.29, 0.717) is 18.8 Å². The van der Waals surface area contributed by atoms with Crippen molar-refractivity contribution in [2.45, 2.75) is 26.8 Å². The number of aromatic nitrogens is 1. The SMILES string of the molecule is Cc1cc(O)c(CNCC(CO)Cc2ccccn2)cc1C. The van der Waals surface area contributed by atoms with Gasteiger partial charge < -0.3 is 15.5 Å². The molecule has 0 fully saturated rings. The first-order chi connectivity index (χ1) is 10.6. The average molecular weight is 300 g/mol. The highest BCUT2D eigenvalue weighted by Crippen LogP contribution is 2.21. The average Bonchev–Trinajstić information content (AvgIpc) is 2.52. The Hall–Kier alpha value is -1.91. The van der Waals surface area contributed by atoms with Gasteiger partial charge in [0.15, 0.2) is 0 Å². The molecule has 22 heavy (non-hydrogen) atoms. The van der Waals surface area contributed by atoms with Gasteiger partial charge >= 0.3 is 0 Å². The number of hydrogen-bond acceptors (Lipinski definition) is 4. The van der Waals surface area contributed by atoms with E-state index in [-0.39, 0.29) is 12.5 Å². The molecule has 3 N–H and O–H groups in total. The normalized spacial score (nSPS) is 12.3. The van der Waals surface area contributed by atoms with Crippen molar-refractivity contribution >= 4 is 0 Å². The molecule has 2 rings (SSSR count). The largest absolute Gasteiger partial charge is 0.508 e. The van der Waals surface area contributed by atoms with Crippen LogP contribution in [-0.2, 0) is 13.0 Å². The van der Waals surface area contributed by atoms with Gasteiger partial charge in [0.05, 0.1) is 0 Å². The number of pyridine rings is 1. The first-order valence-corrected chi connectivity index (χ1v) is 7.60. The van der Waals surface area contributed by atoms with Crippen LogP contribution in [0, 0.1) is 19.8 Å². The molecule has 0 saturated carbocycles. The molecule has 0 aliphatic rings. The standard InChI is InChI=1S/C18H24N2O2/c1-13-7-16(18(22)8-14(13)2)11-19-10-15(12-21)9-17-5-3-4-6-20-17/h3-8,15,19,21-22H,9-12H2,1-2H3. The van der Waals surface area contributed by atoms with Crippen LogP contribution in [0.5, 0.6) is 5.75 Å². The maximum absolute atomic E-state index is 9.97. The third-order valence-electron chi connectivity index (χ3n) is 3.93. The third kappa shape index (κ3) is 4.55. The summed E-state index contributed by atoms with van der Waals surface area (Å²) in [5.41, 5.74) is 4.13. The van der Waals surface area contributed by atoms with Crippen LogP contribution in [-0.4, -0.2) is 28.3 Å². The predicted molar refractivity (Wildman–Crippen MR) is 87.8 cm³/mol. The molecule has 0 amide bonds. The lowest BCUT2D eigenvalue weighted by atomic mass is 10.0. The molecule has 1 heterocycles. The molecule has 0 radical (unpaired) electrons. The van der Waals surface area contributed by atoms with Crippen molar-refractivity contribution in [3.63, 3.8) is 0 Å². The molecule has 2 aromatic rings. The summed E-state index contributed by atoms with van der Waals surface area (Å²) in [5, 5.41) is 22.8. The Morgan fingerprint density at radius 1 is 1.18 bits per heavy atom. The molecular formula is C18H24N2O2. The second kappa shape index (κ2) is 7.92. The number of nitrogens with one attached hydrogen (secondary N) is 1. The zero-order valence-corrected chi connectivity index (χ0v) is 13.2. The quantitative estimate of drug-likeness (QED) is 0.734. The van der Waals surface area contributed by atoms with Crippen LogP contribution in [0.4, 0.5) is 0 Å². The van der Waals surface area contributed by atoms with Gasteiger partial charge in [0.2, 0.25) is 0 Å². The molecule has 1 aromatic carbocycles. The van der Waals surface area contributed by atoms with Crippen LogP contribution in [0.3, 0.4) is 0 Å². The van der Waals surface area contributed by atoms with Crippen molar-refractivity contribution in [3.05, 3.63) is 58.9 Å². The molecule has 1 unspecified atom stereocenters. The Kier molecular flexibility index (Phi) is 5.92. The van der Waals surface area contributed by atoms with Gasteiger partial charge in [-0.2, -0.15) is 0 Å². The summed E-state index contributed by atoms with van der Waals surface area (Å²) in [6, 6.07) is 9.61. The van der Waals surface area contributed by atoms with Crippen molar-refractivity contribution in [3.8, 4) is 5.75 Å². The summed E-state index contributed by atoms with van der Waals surface area (Å²) in [5.74, 6) is 0.435. The van der Waals surface area contributed by atoms with Gasteiger partial charge in [-0.3, -0.25) is 4.98 Å². The number of rotatable bonds is 7. The maximum Gasteiger partial charge on any atom is 0.120 e. The summed E-state index contributed by atoms with van der Waals surface area (Å²) in [4.78, 5) is 4.29. The minimum absolute atomic E-state index is 0.114. The molecule has 1 aromatic heterocycles. The highest BCUT2D eigenvalue weighted by Gasteiger charge is 2.10. The molecule has 0 aliphatic heterocycles. The van der Waals surface area contributed by atoms with E-state index in [1.165, 1.54) is 5.56 Å². The molecule has 0 bridgehead atoms. The van der Waals surface area contributed by atoms with Crippen molar-refractivity contribution in [1.29, 1.82) is 0 Å². The Bertz CT molecular complexity index is 600. The lowest BCUT2D eigenvalue weighted by Gasteiger charge is -2.15. The maximum atomic E-state index is 9.97. The third-order valence-corrected chi connectivity index (χ3v) is 3.93. The van der Waals surface area contributed by atoms with Crippen molar-refractivity contribution in [1.82, 2.24) is 10.3 Å². The fourth-order valence-corrected chi connectivity index (χ4v) is 2.43. The van der Waals surface area contributed by atoms with Gasteiger partial charge in [-0.05, 0) is 55.5 Å². The number of phenols is 1. The molecule has 4 nitrogen and oxygen atoms in total. The second-order valence-corrected chi connectivity index (χ2v) is 5.77. The monoisotopic (exact) mass is 300 g/mol. The summed E-state index contributed by atoms with van der Waals surface area (Å²) in [6.07, 6.45) is 2.51. The number of aromatic hydroxyl groups is 1. The van der Waals surface area contributed by atoms with E-state index in [1.807, 2.05) is 38.1 Å². The Morgan fingerprint density at radius 3 is 2.64 bits per heavy atom. The Balaban J connectivity index is 1.88. The minimum Gasteiger partial charge on any atom is -0.508 e. The van der Waals surface area contributed by atoms with E-state index in [1.54, 1.807) is 12.3 Å². The molecule has 0 saturated heterocycles. The van der Waals surface area contributed by atoms with E-state index >= 15 is 0 Å². The highest BCUT2D eigenvalue weighted by atomic mass is 16.3. The van der Waals surface area contributed by atoms with Crippen LogP contribution >= 0.6 is 0 Å². The van der Waals surface area contributed by atoms with E-state index < -0.39 is 0 Å². The van der Waals surface area contributed by atoms with Gasteiger partial charge in [-0.25, -0.2) is 0 Å².